The topological polar surface area (TPSA) is 61.4 Å². The molecular weight excluding hydrogens is 312 g/mol. The predicted molar refractivity (Wildman–Crippen MR) is 101 cm³/mol. The quantitative estimate of drug-likeness (QED) is 0.784. The van der Waals surface area contributed by atoms with E-state index in [0.717, 1.165) is 22.4 Å². The van der Waals surface area contributed by atoms with Gasteiger partial charge in [0.2, 0.25) is 5.91 Å². The molecule has 2 aromatic carbocycles. The van der Waals surface area contributed by atoms with Gasteiger partial charge in [-0.05, 0) is 49.1 Å². The molecule has 0 aliphatic heterocycles. The van der Waals surface area contributed by atoms with E-state index in [-0.39, 0.29) is 18.0 Å². The van der Waals surface area contributed by atoms with Gasteiger partial charge in [-0.3, -0.25) is 4.79 Å². The van der Waals surface area contributed by atoms with Crippen LogP contribution in [0.15, 0.2) is 42.5 Å². The van der Waals surface area contributed by atoms with E-state index in [0.29, 0.717) is 12.8 Å². The molecule has 2 aromatic rings. The fourth-order valence-corrected chi connectivity index (χ4v) is 3.51. The molecule has 3 N–H and O–H groups in total. The van der Waals surface area contributed by atoms with E-state index < -0.39 is 6.10 Å². The molecule has 132 valence electrons. The molecule has 4 nitrogen and oxygen atoms in total. The second-order valence-electron chi connectivity index (χ2n) is 7.02. The zero-order chi connectivity index (χ0) is 18.0. The monoisotopic (exact) mass is 338 g/mol. The first kappa shape index (κ1) is 17.6. The molecule has 0 heterocycles. The number of aryl methyl sites for hydroxylation is 1. The largest absolute Gasteiger partial charge is 0.391 e. The van der Waals surface area contributed by atoms with Crippen LogP contribution in [-0.4, -0.2) is 23.2 Å². The molecule has 3 rings (SSSR count). The lowest BCUT2D eigenvalue weighted by Gasteiger charge is -2.23. The number of benzene rings is 2. The summed E-state index contributed by atoms with van der Waals surface area (Å²) in [7, 11) is 0. The number of aliphatic hydroxyl groups excluding tert-OH is 1. The van der Waals surface area contributed by atoms with E-state index >= 15 is 0 Å². The Morgan fingerprint density at radius 3 is 2.76 bits per heavy atom. The van der Waals surface area contributed by atoms with Crippen molar-refractivity contribution in [2.75, 3.05) is 5.32 Å². The number of nitrogens with one attached hydrogen (secondary N) is 2. The maximum atomic E-state index is 12.4. The summed E-state index contributed by atoms with van der Waals surface area (Å²) in [6.45, 7) is 6.03. The second-order valence-corrected chi connectivity index (χ2v) is 7.02. The van der Waals surface area contributed by atoms with Crippen molar-refractivity contribution in [3.63, 3.8) is 0 Å². The van der Waals surface area contributed by atoms with Gasteiger partial charge in [-0.15, -0.1) is 0 Å². The fraction of sp³-hybridized carbons (Fsp3) is 0.381. The summed E-state index contributed by atoms with van der Waals surface area (Å²) < 4.78 is 0. The molecule has 0 spiro atoms. The number of carbonyl (C=O) groups is 1. The van der Waals surface area contributed by atoms with E-state index in [4.69, 9.17) is 0 Å². The van der Waals surface area contributed by atoms with Crippen LogP contribution in [0, 0.1) is 13.8 Å². The predicted octanol–water partition coefficient (Wildman–Crippen LogP) is 3.27. The third-order valence-corrected chi connectivity index (χ3v) is 5.04. The molecule has 1 unspecified atom stereocenters. The van der Waals surface area contributed by atoms with Crippen LogP contribution in [0.3, 0.4) is 0 Å². The van der Waals surface area contributed by atoms with Gasteiger partial charge in [0.25, 0.3) is 0 Å². The number of hydrogen-bond donors (Lipinski definition) is 3. The highest BCUT2D eigenvalue weighted by Crippen LogP contribution is 2.31. The number of fused-ring (bicyclic) bond motifs is 1. The number of anilines is 1. The van der Waals surface area contributed by atoms with Crippen molar-refractivity contribution in [2.24, 2.45) is 0 Å². The molecule has 0 bridgehead atoms. The van der Waals surface area contributed by atoms with Gasteiger partial charge in [-0.25, -0.2) is 0 Å². The van der Waals surface area contributed by atoms with Gasteiger partial charge in [0.1, 0.15) is 0 Å². The van der Waals surface area contributed by atoms with Crippen molar-refractivity contribution in [1.82, 2.24) is 5.32 Å². The Morgan fingerprint density at radius 2 is 1.96 bits per heavy atom. The van der Waals surface area contributed by atoms with Crippen LogP contribution in [0.25, 0.3) is 0 Å². The van der Waals surface area contributed by atoms with Crippen molar-refractivity contribution in [3.05, 3.63) is 64.7 Å². The first-order valence-electron chi connectivity index (χ1n) is 8.83. The van der Waals surface area contributed by atoms with Crippen molar-refractivity contribution in [2.45, 2.75) is 51.8 Å². The van der Waals surface area contributed by atoms with E-state index in [1.165, 1.54) is 5.56 Å². The number of aliphatic hydroxyl groups is 1. The van der Waals surface area contributed by atoms with E-state index in [1.54, 1.807) is 0 Å². The minimum absolute atomic E-state index is 0.0190. The van der Waals surface area contributed by atoms with Crippen molar-refractivity contribution in [3.8, 4) is 0 Å². The first-order valence-corrected chi connectivity index (χ1v) is 8.83. The molecule has 1 aliphatic rings. The third-order valence-electron chi connectivity index (χ3n) is 5.04. The number of amides is 1. The highest BCUT2D eigenvalue weighted by Gasteiger charge is 2.31. The zero-order valence-corrected chi connectivity index (χ0v) is 15.0. The minimum atomic E-state index is -0.443. The van der Waals surface area contributed by atoms with Crippen LogP contribution in [0.1, 0.15) is 41.6 Å². The fourth-order valence-electron chi connectivity index (χ4n) is 3.51. The summed E-state index contributed by atoms with van der Waals surface area (Å²) in [6, 6.07) is 13.9. The summed E-state index contributed by atoms with van der Waals surface area (Å²) in [4.78, 5) is 12.4. The van der Waals surface area contributed by atoms with Crippen molar-refractivity contribution < 1.29 is 9.90 Å². The molecule has 25 heavy (non-hydrogen) atoms. The van der Waals surface area contributed by atoms with Crippen LogP contribution in [0.2, 0.25) is 0 Å². The van der Waals surface area contributed by atoms with E-state index in [1.807, 2.05) is 57.2 Å². The summed E-state index contributed by atoms with van der Waals surface area (Å²) in [5, 5.41) is 16.7. The standard InChI is InChI=1S/C21H26N2O2/c1-13-7-6-10-18(15(13)3)23-20(25)11-14(2)22-21-17-9-5-4-8-16(17)12-19(21)24/h4-10,14,19,21-22,24H,11-12H2,1-3H3,(H,23,25)/t14?,19-,21+/m0/s1. The van der Waals surface area contributed by atoms with Gasteiger partial charge < -0.3 is 15.7 Å². The van der Waals surface area contributed by atoms with Crippen LogP contribution in [0.4, 0.5) is 5.69 Å². The normalized spacial score (nSPS) is 20.2. The summed E-state index contributed by atoms with van der Waals surface area (Å²) in [5.41, 5.74) is 5.44. The molecule has 3 atom stereocenters. The Labute approximate surface area is 149 Å². The molecule has 0 radical (unpaired) electrons. The Bertz CT molecular complexity index is 772. The molecule has 0 saturated carbocycles. The van der Waals surface area contributed by atoms with Gasteiger partial charge in [0, 0.05) is 24.6 Å². The van der Waals surface area contributed by atoms with Crippen molar-refractivity contribution in [1.29, 1.82) is 0 Å². The van der Waals surface area contributed by atoms with Gasteiger partial charge in [0.05, 0.1) is 12.1 Å². The van der Waals surface area contributed by atoms with Crippen LogP contribution in [0.5, 0.6) is 0 Å². The molecule has 0 saturated heterocycles. The Balaban J connectivity index is 1.60. The van der Waals surface area contributed by atoms with Gasteiger partial charge in [-0.1, -0.05) is 36.4 Å². The molecule has 4 heteroatoms. The average Bonchev–Trinajstić information content (AvgIpc) is 2.87. The van der Waals surface area contributed by atoms with E-state index in [2.05, 4.69) is 16.7 Å². The van der Waals surface area contributed by atoms with Crippen molar-refractivity contribution >= 4 is 11.6 Å². The lowest BCUT2D eigenvalue weighted by atomic mass is 10.1. The molecule has 0 fully saturated rings. The van der Waals surface area contributed by atoms with Crippen LogP contribution in [-0.2, 0) is 11.2 Å². The first-order chi connectivity index (χ1) is 12.0. The minimum Gasteiger partial charge on any atom is -0.391 e. The van der Waals surface area contributed by atoms with Crippen LogP contribution >= 0.6 is 0 Å². The SMILES string of the molecule is Cc1cccc(NC(=O)CC(C)N[C@@H]2c3ccccc3C[C@@H]2O)c1C. The van der Waals surface area contributed by atoms with Crippen LogP contribution < -0.4 is 10.6 Å². The lowest BCUT2D eigenvalue weighted by molar-refractivity contribution is -0.116. The highest BCUT2D eigenvalue weighted by molar-refractivity contribution is 5.92. The Kier molecular flexibility index (Phi) is 5.21. The van der Waals surface area contributed by atoms with Gasteiger partial charge >= 0.3 is 0 Å². The maximum absolute atomic E-state index is 12.4. The number of rotatable bonds is 5. The average molecular weight is 338 g/mol. The number of hydrogen-bond acceptors (Lipinski definition) is 3. The van der Waals surface area contributed by atoms with Gasteiger partial charge in [0.15, 0.2) is 0 Å². The molecule has 0 aromatic heterocycles. The Hall–Kier alpha value is -2.17. The molecule has 1 aliphatic carbocycles. The lowest BCUT2D eigenvalue weighted by Crippen LogP contribution is -2.37. The molecule has 1 amide bonds. The smallest absolute Gasteiger partial charge is 0.225 e. The Morgan fingerprint density at radius 1 is 1.20 bits per heavy atom. The maximum Gasteiger partial charge on any atom is 0.225 e. The summed E-state index contributed by atoms with van der Waals surface area (Å²) in [6.07, 6.45) is 0.579. The summed E-state index contributed by atoms with van der Waals surface area (Å²) >= 11 is 0. The highest BCUT2D eigenvalue weighted by atomic mass is 16.3. The van der Waals surface area contributed by atoms with E-state index in [9.17, 15) is 9.90 Å². The van der Waals surface area contributed by atoms with Gasteiger partial charge in [-0.2, -0.15) is 0 Å². The summed E-state index contributed by atoms with van der Waals surface area (Å²) in [5.74, 6) is -0.0190. The second kappa shape index (κ2) is 7.38. The molecular formula is C21H26N2O2. The zero-order valence-electron chi connectivity index (χ0n) is 15.0. The number of carbonyl (C=O) groups excluding carboxylic acids is 1. The third kappa shape index (κ3) is 3.91.